The van der Waals surface area contributed by atoms with Crippen molar-refractivity contribution in [3.8, 4) is 5.75 Å². The van der Waals surface area contributed by atoms with Crippen LogP contribution in [-0.2, 0) is 16.0 Å². The van der Waals surface area contributed by atoms with E-state index in [0.717, 1.165) is 12.0 Å². The number of carbonyl (C=O) groups excluding carboxylic acids is 1. The van der Waals surface area contributed by atoms with Gasteiger partial charge in [-0.2, -0.15) is 0 Å². The van der Waals surface area contributed by atoms with Crippen LogP contribution in [0.4, 0.5) is 5.69 Å². The minimum atomic E-state index is -0.597. The third kappa shape index (κ3) is 3.65. The van der Waals surface area contributed by atoms with Gasteiger partial charge in [0.2, 0.25) is 0 Å². The zero-order valence-corrected chi connectivity index (χ0v) is 11.2. The summed E-state index contributed by atoms with van der Waals surface area (Å²) >= 11 is 0. The lowest BCUT2D eigenvalue weighted by Crippen LogP contribution is -2.29. The van der Waals surface area contributed by atoms with Crippen LogP contribution in [0.2, 0.25) is 0 Å². The van der Waals surface area contributed by atoms with Crippen LogP contribution < -0.4 is 10.5 Å². The third-order valence-electron chi connectivity index (χ3n) is 2.67. The van der Waals surface area contributed by atoms with Gasteiger partial charge >= 0.3 is 5.97 Å². The van der Waals surface area contributed by atoms with Gasteiger partial charge in [0.05, 0.1) is 12.3 Å². The molecule has 18 heavy (non-hydrogen) atoms. The lowest BCUT2D eigenvalue weighted by atomic mass is 10.1. The van der Waals surface area contributed by atoms with Gasteiger partial charge < -0.3 is 15.2 Å². The Bertz CT molecular complexity index is 404. The summed E-state index contributed by atoms with van der Waals surface area (Å²) < 4.78 is 10.6. The van der Waals surface area contributed by atoms with E-state index in [-0.39, 0.29) is 5.97 Å². The fraction of sp³-hybridized carbons (Fsp3) is 0.500. The van der Waals surface area contributed by atoms with Crippen LogP contribution in [-0.4, -0.2) is 18.7 Å². The maximum atomic E-state index is 11.6. The van der Waals surface area contributed by atoms with Gasteiger partial charge in [0.25, 0.3) is 0 Å². The maximum absolute atomic E-state index is 11.6. The number of anilines is 1. The van der Waals surface area contributed by atoms with Gasteiger partial charge in [0.1, 0.15) is 5.75 Å². The van der Waals surface area contributed by atoms with E-state index in [0.29, 0.717) is 24.5 Å². The van der Waals surface area contributed by atoms with E-state index in [9.17, 15) is 4.79 Å². The van der Waals surface area contributed by atoms with Crippen LogP contribution in [0.15, 0.2) is 18.2 Å². The van der Waals surface area contributed by atoms with Crippen molar-refractivity contribution in [2.75, 3.05) is 12.3 Å². The molecule has 0 aliphatic rings. The second kappa shape index (κ2) is 6.89. The molecule has 0 aromatic heterocycles. The molecule has 0 spiro atoms. The summed E-state index contributed by atoms with van der Waals surface area (Å²) in [5, 5.41) is 0. The van der Waals surface area contributed by atoms with Crippen molar-refractivity contribution in [1.82, 2.24) is 0 Å². The lowest BCUT2D eigenvalue weighted by Gasteiger charge is -2.17. The summed E-state index contributed by atoms with van der Waals surface area (Å²) in [6.45, 7) is 6.05. The van der Waals surface area contributed by atoms with Crippen LogP contribution in [0.3, 0.4) is 0 Å². The number of carbonyl (C=O) groups is 1. The van der Waals surface area contributed by atoms with Gasteiger partial charge in [-0.1, -0.05) is 19.9 Å². The highest BCUT2D eigenvalue weighted by atomic mass is 16.6. The predicted molar refractivity (Wildman–Crippen MR) is 71.6 cm³/mol. The van der Waals surface area contributed by atoms with E-state index >= 15 is 0 Å². The molecule has 4 heteroatoms. The predicted octanol–water partition coefficient (Wildman–Crippen LogP) is 2.55. The van der Waals surface area contributed by atoms with Crippen molar-refractivity contribution >= 4 is 11.7 Å². The first-order chi connectivity index (χ1) is 8.62. The van der Waals surface area contributed by atoms with Crippen molar-refractivity contribution in [3.05, 3.63) is 23.8 Å². The first-order valence-electron chi connectivity index (χ1n) is 6.34. The Balaban J connectivity index is 2.78. The molecular weight excluding hydrogens is 230 g/mol. The molecule has 0 saturated heterocycles. The minimum Gasteiger partial charge on any atom is -0.477 e. The fourth-order valence-corrected chi connectivity index (χ4v) is 1.61. The SMILES string of the molecule is CCOC(=O)C(CC)Oc1ccc(CC)cc1N. The molecule has 4 nitrogen and oxygen atoms in total. The molecule has 0 bridgehead atoms. The summed E-state index contributed by atoms with van der Waals surface area (Å²) in [6.07, 6.45) is 0.868. The number of aryl methyl sites for hydroxylation is 1. The van der Waals surface area contributed by atoms with Crippen molar-refractivity contribution in [2.24, 2.45) is 0 Å². The van der Waals surface area contributed by atoms with Gasteiger partial charge in [-0.05, 0) is 37.5 Å². The number of nitrogens with two attached hydrogens (primary N) is 1. The van der Waals surface area contributed by atoms with E-state index in [2.05, 4.69) is 6.92 Å². The van der Waals surface area contributed by atoms with Crippen LogP contribution in [0, 0.1) is 0 Å². The molecule has 0 saturated carbocycles. The monoisotopic (exact) mass is 251 g/mol. The molecule has 100 valence electrons. The molecule has 0 aliphatic heterocycles. The molecule has 0 radical (unpaired) electrons. The molecule has 1 unspecified atom stereocenters. The Morgan fingerprint density at radius 3 is 2.56 bits per heavy atom. The van der Waals surface area contributed by atoms with E-state index in [1.165, 1.54) is 0 Å². The van der Waals surface area contributed by atoms with Gasteiger partial charge in [0, 0.05) is 0 Å². The summed E-state index contributed by atoms with van der Waals surface area (Å²) in [7, 11) is 0. The molecular formula is C14H21NO3. The second-order valence-corrected chi connectivity index (χ2v) is 3.99. The average Bonchev–Trinajstić information content (AvgIpc) is 2.37. The number of rotatable bonds is 6. The van der Waals surface area contributed by atoms with Gasteiger partial charge in [-0.15, -0.1) is 0 Å². The van der Waals surface area contributed by atoms with Crippen LogP contribution in [0.1, 0.15) is 32.8 Å². The summed E-state index contributed by atoms with van der Waals surface area (Å²) in [5.74, 6) is 0.186. The molecule has 1 rings (SSSR count). The molecule has 2 N–H and O–H groups in total. The molecule has 1 aromatic carbocycles. The third-order valence-corrected chi connectivity index (χ3v) is 2.67. The quantitative estimate of drug-likeness (QED) is 0.623. The standard InChI is InChI=1S/C14H21NO3/c1-4-10-7-8-13(11(15)9-10)18-12(5-2)14(16)17-6-3/h7-9,12H,4-6,15H2,1-3H3. The number of esters is 1. The number of ether oxygens (including phenoxy) is 2. The van der Waals surface area contributed by atoms with Crippen molar-refractivity contribution in [1.29, 1.82) is 0 Å². The smallest absolute Gasteiger partial charge is 0.347 e. The fourth-order valence-electron chi connectivity index (χ4n) is 1.61. The summed E-state index contributed by atoms with van der Waals surface area (Å²) in [4.78, 5) is 11.6. The highest BCUT2D eigenvalue weighted by molar-refractivity contribution is 5.75. The topological polar surface area (TPSA) is 61.5 Å². The van der Waals surface area contributed by atoms with E-state index in [1.54, 1.807) is 13.0 Å². The average molecular weight is 251 g/mol. The Labute approximate surface area is 108 Å². The second-order valence-electron chi connectivity index (χ2n) is 3.99. The first-order valence-corrected chi connectivity index (χ1v) is 6.34. The Kier molecular flexibility index (Phi) is 5.49. The zero-order chi connectivity index (χ0) is 13.5. The normalized spacial score (nSPS) is 11.9. The summed E-state index contributed by atoms with van der Waals surface area (Å²) in [6, 6.07) is 5.62. The van der Waals surface area contributed by atoms with Gasteiger partial charge in [-0.3, -0.25) is 0 Å². The molecule has 0 amide bonds. The van der Waals surface area contributed by atoms with Crippen molar-refractivity contribution in [2.45, 2.75) is 39.7 Å². The maximum Gasteiger partial charge on any atom is 0.347 e. The Hall–Kier alpha value is -1.71. The number of hydrogen-bond donors (Lipinski definition) is 1. The van der Waals surface area contributed by atoms with E-state index in [4.69, 9.17) is 15.2 Å². The first kappa shape index (κ1) is 14.4. The number of hydrogen-bond acceptors (Lipinski definition) is 4. The molecule has 0 heterocycles. The van der Waals surface area contributed by atoms with E-state index in [1.807, 2.05) is 19.1 Å². The highest BCUT2D eigenvalue weighted by Crippen LogP contribution is 2.24. The van der Waals surface area contributed by atoms with Gasteiger partial charge in [-0.25, -0.2) is 4.79 Å². The highest BCUT2D eigenvalue weighted by Gasteiger charge is 2.20. The molecule has 0 aliphatic carbocycles. The van der Waals surface area contributed by atoms with Crippen molar-refractivity contribution in [3.63, 3.8) is 0 Å². The molecule has 1 atom stereocenters. The van der Waals surface area contributed by atoms with Crippen molar-refractivity contribution < 1.29 is 14.3 Å². The molecule has 0 fully saturated rings. The zero-order valence-electron chi connectivity index (χ0n) is 11.2. The largest absolute Gasteiger partial charge is 0.477 e. The summed E-state index contributed by atoms with van der Waals surface area (Å²) in [5.41, 5.74) is 7.59. The van der Waals surface area contributed by atoms with E-state index < -0.39 is 6.10 Å². The number of nitrogen functional groups attached to an aromatic ring is 1. The Morgan fingerprint density at radius 2 is 2.06 bits per heavy atom. The number of benzene rings is 1. The van der Waals surface area contributed by atoms with Crippen LogP contribution in [0.25, 0.3) is 0 Å². The molecule has 1 aromatic rings. The lowest BCUT2D eigenvalue weighted by molar-refractivity contribution is -0.151. The van der Waals surface area contributed by atoms with Crippen LogP contribution >= 0.6 is 0 Å². The minimum absolute atomic E-state index is 0.348. The van der Waals surface area contributed by atoms with Gasteiger partial charge in [0.15, 0.2) is 6.10 Å². The Morgan fingerprint density at radius 1 is 1.33 bits per heavy atom. The van der Waals surface area contributed by atoms with Crippen LogP contribution in [0.5, 0.6) is 5.75 Å².